The van der Waals surface area contributed by atoms with E-state index < -0.39 is 29.9 Å². The lowest BCUT2D eigenvalue weighted by atomic mass is 9.69. The first kappa shape index (κ1) is 27.5. The Hall–Kier alpha value is -2.57. The van der Waals surface area contributed by atoms with Crippen LogP contribution in [0.4, 0.5) is 22.0 Å². The van der Waals surface area contributed by atoms with Crippen LogP contribution in [0.5, 0.6) is 11.5 Å². The molecule has 2 aromatic rings. The van der Waals surface area contributed by atoms with E-state index in [0.717, 1.165) is 38.5 Å². The first-order chi connectivity index (χ1) is 17.9. The van der Waals surface area contributed by atoms with Crippen molar-refractivity contribution in [3.05, 3.63) is 59.7 Å². The van der Waals surface area contributed by atoms with Gasteiger partial charge in [0.2, 0.25) is 11.6 Å². The smallest absolute Gasteiger partial charge is 0.201 e. The molecule has 7 heteroatoms. The molecule has 2 aliphatic rings. The van der Waals surface area contributed by atoms with Gasteiger partial charge in [-0.2, -0.15) is 8.78 Å². The van der Waals surface area contributed by atoms with E-state index in [4.69, 9.17) is 9.47 Å². The first-order valence-electron chi connectivity index (χ1n) is 13.4. The number of hydrogen-bond acceptors (Lipinski definition) is 2. The molecule has 0 amide bonds. The maximum absolute atomic E-state index is 14.8. The van der Waals surface area contributed by atoms with Crippen LogP contribution in [0.1, 0.15) is 58.3 Å². The number of allylic oxidation sites excluding steroid dienone is 2. The number of ether oxygens (including phenoxy) is 2. The van der Waals surface area contributed by atoms with Crippen LogP contribution in [0.15, 0.2) is 36.4 Å². The molecule has 0 heterocycles. The van der Waals surface area contributed by atoms with Gasteiger partial charge in [-0.1, -0.05) is 12.2 Å². The third-order valence-electron chi connectivity index (χ3n) is 8.03. The molecular weight excluding hydrogens is 487 g/mol. The third-order valence-corrected chi connectivity index (χ3v) is 8.03. The van der Waals surface area contributed by atoms with Crippen molar-refractivity contribution in [2.45, 2.75) is 58.3 Å². The fourth-order valence-electron chi connectivity index (χ4n) is 5.94. The normalized spacial score (nSPS) is 24.4. The number of rotatable bonds is 9. The first-order valence-corrected chi connectivity index (χ1v) is 13.4. The zero-order valence-corrected chi connectivity index (χ0v) is 21.3. The number of alkyl halides is 1. The van der Waals surface area contributed by atoms with Gasteiger partial charge in [-0.15, -0.1) is 0 Å². The lowest BCUT2D eigenvalue weighted by Gasteiger charge is -2.37. The van der Waals surface area contributed by atoms with E-state index >= 15 is 0 Å². The molecule has 0 aliphatic heterocycles. The maximum Gasteiger partial charge on any atom is 0.201 e. The largest absolute Gasteiger partial charge is 0.491 e. The molecule has 2 aromatic carbocycles. The summed E-state index contributed by atoms with van der Waals surface area (Å²) in [5.41, 5.74) is -0.755. The Morgan fingerprint density at radius 2 is 1.22 bits per heavy atom. The summed E-state index contributed by atoms with van der Waals surface area (Å²) in [5, 5.41) is 0. The predicted octanol–water partition coefficient (Wildman–Crippen LogP) is 8.83. The molecule has 202 valence electrons. The molecule has 4 rings (SSSR count). The summed E-state index contributed by atoms with van der Waals surface area (Å²) in [4.78, 5) is 0. The second kappa shape index (κ2) is 12.8. The predicted molar refractivity (Wildman–Crippen MR) is 134 cm³/mol. The highest BCUT2D eigenvalue weighted by atomic mass is 19.2. The van der Waals surface area contributed by atoms with Gasteiger partial charge < -0.3 is 9.47 Å². The standard InChI is InChI=1S/C30H35F5O2/c1-2-36-25-15-13-23(27(32)29(25)34)24-14-16-26(30(35)28(24)33)37-18-20-7-11-22(12-8-20)21-9-5-19(6-10-21)4-3-17-31/h3-4,13-16,19-22H,2,5-12,17-18H2,1H3. The van der Waals surface area contributed by atoms with Gasteiger partial charge in [0.15, 0.2) is 23.1 Å². The van der Waals surface area contributed by atoms with Gasteiger partial charge in [0.25, 0.3) is 0 Å². The molecule has 0 bridgehead atoms. The molecule has 0 atom stereocenters. The summed E-state index contributed by atoms with van der Waals surface area (Å²) in [6.45, 7) is 1.67. The highest BCUT2D eigenvalue weighted by molar-refractivity contribution is 5.67. The molecule has 0 aromatic heterocycles. The minimum absolute atomic E-state index is 0.147. The second-order valence-corrected chi connectivity index (χ2v) is 10.3. The van der Waals surface area contributed by atoms with Gasteiger partial charge in [0.05, 0.1) is 13.2 Å². The van der Waals surface area contributed by atoms with Gasteiger partial charge in [-0.05, 0) is 106 Å². The van der Waals surface area contributed by atoms with Crippen LogP contribution < -0.4 is 9.47 Å². The minimum atomic E-state index is -1.29. The molecule has 0 radical (unpaired) electrons. The van der Waals surface area contributed by atoms with Crippen molar-refractivity contribution in [2.75, 3.05) is 19.9 Å². The molecule has 0 saturated heterocycles. The molecule has 2 saturated carbocycles. The van der Waals surface area contributed by atoms with Crippen molar-refractivity contribution in [2.24, 2.45) is 23.7 Å². The lowest BCUT2D eigenvalue weighted by molar-refractivity contribution is 0.127. The number of hydrogen-bond donors (Lipinski definition) is 0. The summed E-state index contributed by atoms with van der Waals surface area (Å²) in [6, 6.07) is 4.85. The molecule has 0 unspecified atom stereocenters. The molecule has 2 aliphatic carbocycles. The minimum Gasteiger partial charge on any atom is -0.491 e. The van der Waals surface area contributed by atoms with E-state index in [9.17, 15) is 22.0 Å². The molecule has 0 N–H and O–H groups in total. The van der Waals surface area contributed by atoms with E-state index in [2.05, 4.69) is 0 Å². The number of benzene rings is 2. The van der Waals surface area contributed by atoms with Gasteiger partial charge in [-0.25, -0.2) is 13.2 Å². The number of halogens is 5. The van der Waals surface area contributed by atoms with Gasteiger partial charge >= 0.3 is 0 Å². The Balaban J connectivity index is 1.31. The summed E-state index contributed by atoms with van der Waals surface area (Å²) >= 11 is 0. The monoisotopic (exact) mass is 522 g/mol. The maximum atomic E-state index is 14.8. The molecule has 0 spiro atoms. The molecule has 37 heavy (non-hydrogen) atoms. The zero-order chi connectivity index (χ0) is 26.4. The van der Waals surface area contributed by atoms with Crippen LogP contribution in [-0.2, 0) is 0 Å². The Morgan fingerprint density at radius 1 is 0.703 bits per heavy atom. The summed E-state index contributed by atoms with van der Waals surface area (Å²) in [6.07, 6.45) is 12.4. The van der Waals surface area contributed by atoms with Gasteiger partial charge in [-0.3, -0.25) is 0 Å². The molecule has 2 nitrogen and oxygen atoms in total. The van der Waals surface area contributed by atoms with Crippen molar-refractivity contribution in [1.29, 1.82) is 0 Å². The van der Waals surface area contributed by atoms with Crippen LogP contribution in [0.25, 0.3) is 11.1 Å². The SMILES string of the molecule is CCOc1ccc(-c2ccc(OCC3CCC(C4CCC(C=CCF)CC4)CC3)c(F)c2F)c(F)c1F. The Bertz CT molecular complexity index is 1070. The highest BCUT2D eigenvalue weighted by Gasteiger charge is 2.31. The topological polar surface area (TPSA) is 18.5 Å². The quantitative estimate of drug-likeness (QED) is 0.242. The fraction of sp³-hybridized carbons (Fsp3) is 0.533. The van der Waals surface area contributed by atoms with Crippen LogP contribution in [0, 0.1) is 46.9 Å². The van der Waals surface area contributed by atoms with E-state index in [1.54, 1.807) is 13.0 Å². The van der Waals surface area contributed by atoms with Gasteiger partial charge in [0, 0.05) is 11.1 Å². The fourth-order valence-corrected chi connectivity index (χ4v) is 5.94. The van der Waals surface area contributed by atoms with Crippen molar-refractivity contribution in [3.8, 4) is 22.6 Å². The van der Waals surface area contributed by atoms with Crippen LogP contribution >= 0.6 is 0 Å². The van der Waals surface area contributed by atoms with Crippen molar-refractivity contribution in [1.82, 2.24) is 0 Å². The van der Waals surface area contributed by atoms with E-state index in [-0.39, 0.29) is 41.8 Å². The lowest BCUT2D eigenvalue weighted by Crippen LogP contribution is -2.27. The van der Waals surface area contributed by atoms with Crippen LogP contribution in [-0.4, -0.2) is 19.9 Å². The Morgan fingerprint density at radius 3 is 1.73 bits per heavy atom. The van der Waals surface area contributed by atoms with E-state index in [0.29, 0.717) is 17.8 Å². The highest BCUT2D eigenvalue weighted by Crippen LogP contribution is 2.42. The summed E-state index contributed by atoms with van der Waals surface area (Å²) in [7, 11) is 0. The van der Waals surface area contributed by atoms with Crippen LogP contribution in [0.3, 0.4) is 0 Å². The Kier molecular flexibility index (Phi) is 9.49. The van der Waals surface area contributed by atoms with E-state index in [1.165, 1.54) is 37.1 Å². The van der Waals surface area contributed by atoms with Crippen LogP contribution in [0.2, 0.25) is 0 Å². The van der Waals surface area contributed by atoms with Crippen molar-refractivity contribution < 1.29 is 31.4 Å². The molecule has 2 fully saturated rings. The van der Waals surface area contributed by atoms with Crippen molar-refractivity contribution >= 4 is 0 Å². The summed E-state index contributed by atoms with van der Waals surface area (Å²) < 4.78 is 81.4. The van der Waals surface area contributed by atoms with E-state index in [1.807, 2.05) is 6.08 Å². The zero-order valence-electron chi connectivity index (χ0n) is 21.3. The average Bonchev–Trinajstić information content (AvgIpc) is 2.92. The third kappa shape index (κ3) is 6.47. The van der Waals surface area contributed by atoms with Crippen molar-refractivity contribution in [3.63, 3.8) is 0 Å². The van der Waals surface area contributed by atoms with Gasteiger partial charge in [0.1, 0.15) is 6.67 Å². The molecular formula is C30H35F5O2. The summed E-state index contributed by atoms with van der Waals surface area (Å²) in [5.74, 6) is -3.37. The second-order valence-electron chi connectivity index (χ2n) is 10.3. The average molecular weight is 523 g/mol. The Labute approximate surface area is 215 Å².